The third kappa shape index (κ3) is 4.41. The highest BCUT2D eigenvalue weighted by atomic mass is 19.4. The number of nitrogens with one attached hydrogen (secondary N) is 2. The molecule has 5 rings (SSSR count). The molecule has 1 aromatic carbocycles. The summed E-state index contributed by atoms with van der Waals surface area (Å²) >= 11 is 0. The second-order valence-corrected chi connectivity index (χ2v) is 7.91. The summed E-state index contributed by atoms with van der Waals surface area (Å²) in [4.78, 5) is 21.6. The Morgan fingerprint density at radius 2 is 1.91 bits per heavy atom. The monoisotopic (exact) mass is 492 g/mol. The maximum absolute atomic E-state index is 13.5. The molecule has 0 radical (unpaired) electrons. The molecule has 35 heavy (non-hydrogen) atoms. The van der Waals surface area contributed by atoms with Gasteiger partial charge in [0.05, 0.1) is 42.0 Å². The van der Waals surface area contributed by atoms with Crippen LogP contribution in [0, 0.1) is 0 Å². The lowest BCUT2D eigenvalue weighted by Gasteiger charge is -2.29. The maximum Gasteiger partial charge on any atom is 0.418 e. The van der Waals surface area contributed by atoms with Crippen molar-refractivity contribution in [3.05, 3.63) is 35.5 Å². The van der Waals surface area contributed by atoms with E-state index in [0.29, 0.717) is 49.1 Å². The molecular formula is C23H23F3N4O5. The molecule has 4 heterocycles. The van der Waals surface area contributed by atoms with Crippen LogP contribution in [0.15, 0.2) is 24.4 Å². The Labute approximate surface area is 198 Å². The van der Waals surface area contributed by atoms with E-state index in [0.717, 1.165) is 6.20 Å². The topological polar surface area (TPSA) is 97.9 Å². The highest BCUT2D eigenvalue weighted by Crippen LogP contribution is 2.44. The minimum absolute atomic E-state index is 0.0240. The maximum atomic E-state index is 13.5. The molecule has 0 spiro atoms. The molecule has 186 valence electrons. The summed E-state index contributed by atoms with van der Waals surface area (Å²) in [5, 5.41) is 2.93. The van der Waals surface area contributed by atoms with Crippen molar-refractivity contribution in [1.29, 1.82) is 0 Å². The first-order chi connectivity index (χ1) is 16.9. The number of aromatic nitrogens is 2. The van der Waals surface area contributed by atoms with Crippen molar-refractivity contribution < 1.29 is 36.9 Å². The zero-order chi connectivity index (χ0) is 24.6. The lowest BCUT2D eigenvalue weighted by Crippen LogP contribution is -2.41. The Morgan fingerprint density at radius 1 is 1.17 bits per heavy atom. The van der Waals surface area contributed by atoms with Crippen LogP contribution in [-0.4, -0.2) is 66.9 Å². The van der Waals surface area contributed by atoms with Crippen LogP contribution in [0.4, 0.5) is 24.7 Å². The van der Waals surface area contributed by atoms with Gasteiger partial charge in [-0.2, -0.15) is 13.2 Å². The van der Waals surface area contributed by atoms with E-state index >= 15 is 0 Å². The number of carbonyl (C=O) groups is 1. The van der Waals surface area contributed by atoms with Crippen molar-refractivity contribution in [3.8, 4) is 17.2 Å². The van der Waals surface area contributed by atoms with Crippen LogP contribution >= 0.6 is 0 Å². The normalized spacial score (nSPS) is 15.8. The summed E-state index contributed by atoms with van der Waals surface area (Å²) in [5.41, 5.74) is -0.00843. The van der Waals surface area contributed by atoms with Crippen LogP contribution in [0.1, 0.15) is 22.8 Å². The van der Waals surface area contributed by atoms with Crippen LogP contribution in [0.5, 0.6) is 17.2 Å². The molecule has 12 heteroatoms. The molecule has 0 saturated carbocycles. The first-order valence-electron chi connectivity index (χ1n) is 11.2. The Hall–Kier alpha value is -3.67. The number of anilines is 2. The molecule has 1 fully saturated rings. The molecule has 2 N–H and O–H groups in total. The molecule has 1 amide bonds. The number of aromatic amines is 1. The standard InChI is InChI=1S/C23H23F3N4O5/c1-2-33-16-11-17(29-21-18(16)14(12-27-21)23(24,25)26)28-15-4-3-13(19-20(15)35-10-9-34-19)22(31)30-5-7-32-8-6-30/h3-4,11-12H,2,5-10H2,1H3,(H2,27,28,29). The van der Waals surface area contributed by atoms with E-state index in [2.05, 4.69) is 15.3 Å². The van der Waals surface area contributed by atoms with Gasteiger partial charge in [-0.1, -0.05) is 0 Å². The lowest BCUT2D eigenvalue weighted by atomic mass is 10.1. The third-order valence-electron chi connectivity index (χ3n) is 5.69. The summed E-state index contributed by atoms with van der Waals surface area (Å²) < 4.78 is 62.8. The van der Waals surface area contributed by atoms with Gasteiger partial charge in [0.2, 0.25) is 0 Å². The number of nitrogens with zero attached hydrogens (tertiary/aromatic N) is 2. The minimum atomic E-state index is -4.56. The minimum Gasteiger partial charge on any atom is -0.493 e. The van der Waals surface area contributed by atoms with Crippen LogP contribution < -0.4 is 19.5 Å². The molecule has 0 unspecified atom stereocenters. The molecule has 0 atom stereocenters. The number of carbonyl (C=O) groups excluding carboxylic acids is 1. The van der Waals surface area contributed by atoms with Gasteiger partial charge in [0.15, 0.2) is 11.5 Å². The quantitative estimate of drug-likeness (QED) is 0.556. The number of alkyl halides is 3. The van der Waals surface area contributed by atoms with E-state index in [1.807, 2.05) is 0 Å². The van der Waals surface area contributed by atoms with Gasteiger partial charge in [0.25, 0.3) is 5.91 Å². The molecule has 0 bridgehead atoms. The molecule has 1 saturated heterocycles. The van der Waals surface area contributed by atoms with Crippen LogP contribution in [0.3, 0.4) is 0 Å². The Balaban J connectivity index is 1.51. The smallest absolute Gasteiger partial charge is 0.418 e. The van der Waals surface area contributed by atoms with Gasteiger partial charge in [-0.05, 0) is 19.1 Å². The van der Waals surface area contributed by atoms with Gasteiger partial charge >= 0.3 is 6.18 Å². The van der Waals surface area contributed by atoms with Gasteiger partial charge in [-0.15, -0.1) is 0 Å². The zero-order valence-corrected chi connectivity index (χ0v) is 18.8. The van der Waals surface area contributed by atoms with Crippen molar-refractivity contribution in [1.82, 2.24) is 14.9 Å². The van der Waals surface area contributed by atoms with Gasteiger partial charge < -0.3 is 34.1 Å². The lowest BCUT2D eigenvalue weighted by molar-refractivity contribution is -0.136. The molecule has 9 nitrogen and oxygen atoms in total. The zero-order valence-electron chi connectivity index (χ0n) is 18.8. The summed E-state index contributed by atoms with van der Waals surface area (Å²) in [6.45, 7) is 4.31. The van der Waals surface area contributed by atoms with Crippen molar-refractivity contribution in [2.75, 3.05) is 51.4 Å². The van der Waals surface area contributed by atoms with E-state index in [4.69, 9.17) is 18.9 Å². The van der Waals surface area contributed by atoms with Crippen molar-refractivity contribution in [3.63, 3.8) is 0 Å². The highest BCUT2D eigenvalue weighted by molar-refractivity contribution is 5.99. The number of pyridine rings is 1. The predicted octanol–water partition coefficient (Wildman–Crippen LogP) is 3.97. The highest BCUT2D eigenvalue weighted by Gasteiger charge is 2.36. The SMILES string of the molecule is CCOc1cc(Nc2ccc(C(=O)N3CCOCC3)c3c2OCCO3)nc2[nH]cc(C(F)(F)F)c12. The van der Waals surface area contributed by atoms with E-state index in [9.17, 15) is 18.0 Å². The number of ether oxygens (including phenoxy) is 4. The fourth-order valence-electron chi connectivity index (χ4n) is 4.13. The van der Waals surface area contributed by atoms with Crippen LogP contribution in [-0.2, 0) is 10.9 Å². The fraction of sp³-hybridized carbons (Fsp3) is 0.391. The fourth-order valence-corrected chi connectivity index (χ4v) is 4.13. The van der Waals surface area contributed by atoms with E-state index in [-0.39, 0.29) is 48.3 Å². The van der Waals surface area contributed by atoms with E-state index < -0.39 is 11.7 Å². The first kappa shape index (κ1) is 23.1. The molecule has 3 aromatic rings. The van der Waals surface area contributed by atoms with E-state index in [1.54, 1.807) is 24.0 Å². The summed E-state index contributed by atoms with van der Waals surface area (Å²) in [7, 11) is 0. The summed E-state index contributed by atoms with van der Waals surface area (Å²) in [6, 6.07) is 4.69. The predicted molar refractivity (Wildman–Crippen MR) is 120 cm³/mol. The number of hydrogen-bond acceptors (Lipinski definition) is 7. The number of halogens is 3. The van der Waals surface area contributed by atoms with Crippen LogP contribution in [0.25, 0.3) is 11.0 Å². The molecule has 2 aromatic heterocycles. The number of benzene rings is 1. The largest absolute Gasteiger partial charge is 0.493 e. The van der Waals surface area contributed by atoms with Crippen molar-refractivity contribution >= 4 is 28.4 Å². The number of hydrogen-bond donors (Lipinski definition) is 2. The Kier molecular flexibility index (Phi) is 6.05. The number of rotatable bonds is 5. The average Bonchev–Trinajstić information content (AvgIpc) is 3.30. The average molecular weight is 492 g/mol. The van der Waals surface area contributed by atoms with Gasteiger partial charge in [-0.3, -0.25) is 4.79 Å². The molecule has 2 aliphatic rings. The Morgan fingerprint density at radius 3 is 2.63 bits per heavy atom. The second kappa shape index (κ2) is 9.17. The first-order valence-corrected chi connectivity index (χ1v) is 11.2. The number of amides is 1. The van der Waals surface area contributed by atoms with Crippen molar-refractivity contribution in [2.45, 2.75) is 13.1 Å². The van der Waals surface area contributed by atoms with Gasteiger partial charge in [-0.25, -0.2) is 4.98 Å². The number of fused-ring (bicyclic) bond motifs is 2. The summed E-state index contributed by atoms with van der Waals surface area (Å²) in [6.07, 6.45) is -3.69. The van der Waals surface area contributed by atoms with Crippen LogP contribution in [0.2, 0.25) is 0 Å². The number of H-pyrrole nitrogens is 1. The second-order valence-electron chi connectivity index (χ2n) is 7.91. The molecule has 2 aliphatic heterocycles. The van der Waals surface area contributed by atoms with E-state index in [1.165, 1.54) is 6.07 Å². The summed E-state index contributed by atoms with van der Waals surface area (Å²) in [5.74, 6) is 0.727. The number of morpholine rings is 1. The Bertz CT molecular complexity index is 1250. The van der Waals surface area contributed by atoms with Gasteiger partial charge in [0, 0.05) is 25.4 Å². The molecule has 0 aliphatic carbocycles. The van der Waals surface area contributed by atoms with Crippen molar-refractivity contribution in [2.24, 2.45) is 0 Å². The van der Waals surface area contributed by atoms with Gasteiger partial charge in [0.1, 0.15) is 30.4 Å². The third-order valence-corrected chi connectivity index (χ3v) is 5.69. The molecular weight excluding hydrogens is 469 g/mol.